The van der Waals surface area contributed by atoms with Gasteiger partial charge in [0.05, 0.1) is 5.52 Å². The van der Waals surface area contributed by atoms with Crippen molar-refractivity contribution in [2.24, 2.45) is 5.41 Å². The number of pyridine rings is 1. The molecule has 40 heavy (non-hydrogen) atoms. The molecule has 10 nitrogen and oxygen atoms in total. The van der Waals surface area contributed by atoms with Gasteiger partial charge in [0.2, 0.25) is 11.8 Å². The molecule has 2 fully saturated rings. The second kappa shape index (κ2) is 9.32. The Balaban J connectivity index is 1.29. The van der Waals surface area contributed by atoms with Crippen LogP contribution in [0.1, 0.15) is 54.3 Å². The van der Waals surface area contributed by atoms with Gasteiger partial charge in [-0.05, 0) is 68.4 Å². The highest BCUT2D eigenvalue weighted by atomic mass is 16.2. The highest BCUT2D eigenvalue weighted by molar-refractivity contribution is 6.06. The number of ketones is 1. The van der Waals surface area contributed by atoms with Gasteiger partial charge in [-0.25, -0.2) is 15.0 Å². The van der Waals surface area contributed by atoms with E-state index in [9.17, 15) is 14.4 Å². The number of anilines is 1. The van der Waals surface area contributed by atoms with E-state index in [1.165, 1.54) is 6.92 Å². The summed E-state index contributed by atoms with van der Waals surface area (Å²) in [4.78, 5) is 54.5. The van der Waals surface area contributed by atoms with Crippen molar-refractivity contribution in [2.75, 3.05) is 5.32 Å². The number of hydrogen-bond donors (Lipinski definition) is 1. The van der Waals surface area contributed by atoms with Crippen molar-refractivity contribution in [3.8, 4) is 11.1 Å². The Kier molecular flexibility index (Phi) is 6.01. The number of aryl methyl sites for hydroxylation is 3. The zero-order chi connectivity index (χ0) is 28.3. The molecule has 1 saturated carbocycles. The molecular formula is C30H31N7O3. The third-order valence-electron chi connectivity index (χ3n) is 8.19. The molecule has 3 aromatic heterocycles. The SMILES string of the molecule is CC(=O)c1nn(CC(=O)N2[C@H](C(=O)Nc3nc(C)ccc3C)C[C@@]3(C)C[C@@H]23)c2ccc(-c3cnc(C)nc3)cc12. The summed E-state index contributed by atoms with van der Waals surface area (Å²) in [5.74, 6) is 0.565. The van der Waals surface area contributed by atoms with Crippen LogP contribution in [0.15, 0.2) is 42.7 Å². The predicted octanol–water partition coefficient (Wildman–Crippen LogP) is 4.03. The minimum atomic E-state index is -0.597. The van der Waals surface area contributed by atoms with E-state index in [-0.39, 0.29) is 35.6 Å². The lowest BCUT2D eigenvalue weighted by atomic mass is 10.0. The number of amides is 2. The van der Waals surface area contributed by atoms with Crippen LogP contribution in [-0.4, -0.2) is 59.3 Å². The largest absolute Gasteiger partial charge is 0.325 e. The molecule has 204 valence electrons. The fourth-order valence-corrected chi connectivity index (χ4v) is 5.80. The maximum Gasteiger partial charge on any atom is 0.248 e. The van der Waals surface area contributed by atoms with Crippen molar-refractivity contribution >= 4 is 34.3 Å². The third-order valence-corrected chi connectivity index (χ3v) is 8.19. The standard InChI is InChI=1S/C30H31N7O3/c1-16-6-7-17(2)33-28(16)34-29(40)24-11-30(5)12-25(30)37(24)26(39)15-36-23-9-8-20(21-13-31-19(4)32-14-21)10-22(23)27(35-36)18(3)38/h6-10,13-14,24-25H,11-12,15H2,1-5H3,(H,33,34,40)/t24-,25+,30-/m0/s1. The van der Waals surface area contributed by atoms with Gasteiger partial charge in [0.25, 0.3) is 0 Å². The number of nitrogens with one attached hydrogen (secondary N) is 1. The number of likely N-dealkylation sites (tertiary alicyclic amines) is 1. The second-order valence-electron chi connectivity index (χ2n) is 11.3. The molecule has 1 aromatic carbocycles. The first-order valence-electron chi connectivity index (χ1n) is 13.4. The van der Waals surface area contributed by atoms with Crippen LogP contribution in [0.4, 0.5) is 5.82 Å². The van der Waals surface area contributed by atoms with Crippen molar-refractivity contribution in [2.45, 2.75) is 66.1 Å². The molecule has 6 rings (SSSR count). The summed E-state index contributed by atoms with van der Waals surface area (Å²) in [7, 11) is 0. The van der Waals surface area contributed by atoms with Crippen LogP contribution >= 0.6 is 0 Å². The van der Waals surface area contributed by atoms with Gasteiger partial charge in [-0.1, -0.05) is 19.1 Å². The maximum atomic E-state index is 13.8. The monoisotopic (exact) mass is 537 g/mol. The Labute approximate surface area is 231 Å². The minimum absolute atomic E-state index is 0.00422. The zero-order valence-electron chi connectivity index (χ0n) is 23.2. The van der Waals surface area contributed by atoms with Gasteiger partial charge >= 0.3 is 0 Å². The topological polar surface area (TPSA) is 123 Å². The number of rotatable bonds is 6. The molecule has 4 heterocycles. The molecule has 0 bridgehead atoms. The van der Waals surface area contributed by atoms with E-state index in [1.807, 2.05) is 51.1 Å². The molecule has 1 saturated heterocycles. The molecule has 1 aliphatic heterocycles. The van der Waals surface area contributed by atoms with Crippen molar-refractivity contribution < 1.29 is 14.4 Å². The first kappa shape index (κ1) is 25.8. The number of aromatic nitrogens is 5. The van der Waals surface area contributed by atoms with E-state index in [0.717, 1.165) is 28.8 Å². The van der Waals surface area contributed by atoms with Crippen molar-refractivity contribution in [1.29, 1.82) is 0 Å². The number of carbonyl (C=O) groups is 3. The number of benzene rings is 1. The Hall–Kier alpha value is -4.47. The van der Waals surface area contributed by atoms with Gasteiger partial charge in [0, 0.05) is 42.0 Å². The summed E-state index contributed by atoms with van der Waals surface area (Å²) in [5, 5.41) is 8.15. The van der Waals surface area contributed by atoms with Crippen LogP contribution in [0.5, 0.6) is 0 Å². The van der Waals surface area contributed by atoms with E-state index in [1.54, 1.807) is 22.0 Å². The Morgan fingerprint density at radius 2 is 1.77 bits per heavy atom. The van der Waals surface area contributed by atoms with E-state index < -0.39 is 6.04 Å². The van der Waals surface area contributed by atoms with E-state index in [0.29, 0.717) is 34.7 Å². The van der Waals surface area contributed by atoms with Crippen molar-refractivity contribution in [1.82, 2.24) is 29.6 Å². The molecular weight excluding hydrogens is 506 g/mol. The quantitative estimate of drug-likeness (QED) is 0.368. The first-order chi connectivity index (χ1) is 19.0. The van der Waals surface area contributed by atoms with Gasteiger partial charge in [0.15, 0.2) is 5.78 Å². The number of carbonyl (C=O) groups excluding carboxylic acids is 3. The molecule has 4 aromatic rings. The van der Waals surface area contributed by atoms with Gasteiger partial charge in [-0.15, -0.1) is 0 Å². The van der Waals surface area contributed by atoms with Crippen LogP contribution < -0.4 is 5.32 Å². The van der Waals surface area contributed by atoms with Gasteiger partial charge < -0.3 is 10.2 Å². The summed E-state index contributed by atoms with van der Waals surface area (Å²) in [5.41, 5.74) is 4.24. The van der Waals surface area contributed by atoms with Gasteiger partial charge in [0.1, 0.15) is 29.9 Å². The molecule has 1 N–H and O–H groups in total. The maximum absolute atomic E-state index is 13.8. The smallest absolute Gasteiger partial charge is 0.248 e. The lowest BCUT2D eigenvalue weighted by molar-refractivity contribution is -0.138. The summed E-state index contributed by atoms with van der Waals surface area (Å²) < 4.78 is 1.57. The van der Waals surface area contributed by atoms with E-state index in [2.05, 4.69) is 32.3 Å². The number of Topliss-reactive ketones (excluding diaryl/α,β-unsaturated/α-hetero) is 1. The average Bonchev–Trinajstić information content (AvgIpc) is 3.28. The fourth-order valence-electron chi connectivity index (χ4n) is 5.80. The Bertz CT molecular complexity index is 1690. The Morgan fingerprint density at radius 3 is 2.50 bits per heavy atom. The normalized spacial score (nSPS) is 21.4. The molecule has 3 atom stereocenters. The lowest BCUT2D eigenvalue weighted by Gasteiger charge is -2.27. The molecule has 0 unspecified atom stereocenters. The van der Waals surface area contributed by atoms with Gasteiger partial charge in [-0.3, -0.25) is 19.1 Å². The predicted molar refractivity (Wildman–Crippen MR) is 150 cm³/mol. The van der Waals surface area contributed by atoms with E-state index in [4.69, 9.17) is 0 Å². The fraction of sp³-hybridized carbons (Fsp3) is 0.367. The highest BCUT2D eigenvalue weighted by Crippen LogP contribution is 2.59. The van der Waals surface area contributed by atoms with Crippen LogP contribution in [-0.2, 0) is 16.1 Å². The number of piperidine rings is 1. The molecule has 0 radical (unpaired) electrons. The molecule has 1 aliphatic carbocycles. The molecule has 2 amide bonds. The Morgan fingerprint density at radius 1 is 1.02 bits per heavy atom. The zero-order valence-corrected chi connectivity index (χ0v) is 23.2. The summed E-state index contributed by atoms with van der Waals surface area (Å²) >= 11 is 0. The number of nitrogens with zero attached hydrogens (tertiary/aromatic N) is 6. The summed E-state index contributed by atoms with van der Waals surface area (Å²) in [6.45, 7) is 9.10. The lowest BCUT2D eigenvalue weighted by Crippen LogP contribution is -2.47. The second-order valence-corrected chi connectivity index (χ2v) is 11.3. The summed E-state index contributed by atoms with van der Waals surface area (Å²) in [6, 6.07) is 8.87. The molecule has 10 heteroatoms. The first-order valence-corrected chi connectivity index (χ1v) is 13.4. The van der Waals surface area contributed by atoms with Crippen LogP contribution in [0.2, 0.25) is 0 Å². The number of fused-ring (bicyclic) bond motifs is 2. The summed E-state index contributed by atoms with van der Waals surface area (Å²) in [6.07, 6.45) is 4.94. The van der Waals surface area contributed by atoms with Crippen molar-refractivity contribution in [3.05, 3.63) is 65.5 Å². The van der Waals surface area contributed by atoms with Crippen LogP contribution in [0.3, 0.4) is 0 Å². The van der Waals surface area contributed by atoms with Gasteiger partial charge in [-0.2, -0.15) is 5.10 Å². The van der Waals surface area contributed by atoms with Crippen LogP contribution in [0, 0.1) is 26.2 Å². The minimum Gasteiger partial charge on any atom is -0.325 e. The molecule has 2 aliphatic rings. The highest BCUT2D eigenvalue weighted by Gasteiger charge is 2.64. The van der Waals surface area contributed by atoms with E-state index >= 15 is 0 Å². The molecule has 0 spiro atoms. The van der Waals surface area contributed by atoms with Crippen LogP contribution in [0.25, 0.3) is 22.0 Å². The third kappa shape index (κ3) is 4.43. The number of hydrogen-bond acceptors (Lipinski definition) is 7. The van der Waals surface area contributed by atoms with Crippen molar-refractivity contribution in [3.63, 3.8) is 0 Å². The average molecular weight is 538 g/mol.